The van der Waals surface area contributed by atoms with Crippen LogP contribution in [0.1, 0.15) is 22.3 Å². The van der Waals surface area contributed by atoms with Gasteiger partial charge in [-0.1, -0.05) is 42.5 Å². The van der Waals surface area contributed by atoms with E-state index >= 15 is 0 Å². The quantitative estimate of drug-likeness (QED) is 0.401. The molecule has 4 rings (SSSR count). The summed E-state index contributed by atoms with van der Waals surface area (Å²) in [6, 6.07) is 16.8. The number of rotatable bonds is 9. The van der Waals surface area contributed by atoms with Crippen LogP contribution in [0.3, 0.4) is 0 Å². The molecule has 0 radical (unpaired) electrons. The second kappa shape index (κ2) is 12.2. The SMILES string of the molecule is CN1C(O)=CC(N2CCN(CCCOc3ccccc3C(=O)OCc3ccccc3)CC2)N(C)C1O. The number of nitrogens with zero attached hydrogens (tertiary/aromatic N) is 4. The molecule has 0 bridgehead atoms. The lowest BCUT2D eigenvalue weighted by Crippen LogP contribution is -2.61. The van der Waals surface area contributed by atoms with E-state index in [-0.39, 0.29) is 18.7 Å². The summed E-state index contributed by atoms with van der Waals surface area (Å²) in [5, 5.41) is 20.4. The zero-order valence-corrected chi connectivity index (χ0v) is 21.0. The zero-order valence-electron chi connectivity index (χ0n) is 21.0. The van der Waals surface area contributed by atoms with Gasteiger partial charge in [0.15, 0.2) is 12.2 Å². The van der Waals surface area contributed by atoms with E-state index < -0.39 is 12.3 Å². The minimum absolute atomic E-state index is 0.0920. The van der Waals surface area contributed by atoms with Crippen molar-refractivity contribution in [2.75, 3.05) is 53.4 Å². The maximum Gasteiger partial charge on any atom is 0.342 e. The third-order valence-corrected chi connectivity index (χ3v) is 6.76. The monoisotopic (exact) mass is 496 g/mol. The highest BCUT2D eigenvalue weighted by Crippen LogP contribution is 2.22. The first-order chi connectivity index (χ1) is 17.4. The van der Waals surface area contributed by atoms with Crippen LogP contribution in [-0.4, -0.2) is 102 Å². The van der Waals surface area contributed by atoms with E-state index in [1.165, 1.54) is 4.90 Å². The van der Waals surface area contributed by atoms with E-state index in [0.717, 1.165) is 44.7 Å². The van der Waals surface area contributed by atoms with Crippen LogP contribution in [0.2, 0.25) is 0 Å². The topological polar surface area (TPSA) is 89.0 Å². The predicted molar refractivity (Wildman–Crippen MR) is 136 cm³/mol. The number of hydrogen-bond donors (Lipinski definition) is 2. The molecule has 2 unspecified atom stereocenters. The molecule has 2 aromatic rings. The van der Waals surface area contributed by atoms with Crippen molar-refractivity contribution in [2.45, 2.75) is 25.5 Å². The lowest BCUT2D eigenvalue weighted by Gasteiger charge is -2.46. The van der Waals surface area contributed by atoms with Crippen LogP contribution >= 0.6 is 0 Å². The van der Waals surface area contributed by atoms with Gasteiger partial charge in [-0.2, -0.15) is 0 Å². The van der Waals surface area contributed by atoms with Crippen molar-refractivity contribution < 1.29 is 24.5 Å². The fraction of sp³-hybridized carbons (Fsp3) is 0.444. The fourth-order valence-electron chi connectivity index (χ4n) is 4.54. The summed E-state index contributed by atoms with van der Waals surface area (Å²) in [5.41, 5.74) is 1.37. The standard InChI is InChI=1S/C27H36N4O5/c1-28-24(19-25(32)29(2)27(28)34)31-16-14-30(15-17-31)13-8-18-35-23-12-7-6-11-22(23)26(33)36-20-21-9-4-3-5-10-21/h3-7,9-12,19,24,27,32,34H,8,13-18,20H2,1-2H3. The van der Waals surface area contributed by atoms with Crippen molar-refractivity contribution in [2.24, 2.45) is 0 Å². The second-order valence-corrected chi connectivity index (χ2v) is 9.20. The van der Waals surface area contributed by atoms with Gasteiger partial charge in [-0.05, 0) is 31.2 Å². The fourth-order valence-corrected chi connectivity index (χ4v) is 4.54. The summed E-state index contributed by atoms with van der Waals surface area (Å²) in [6.45, 7) is 5.09. The summed E-state index contributed by atoms with van der Waals surface area (Å²) < 4.78 is 11.4. The first kappa shape index (κ1) is 26.0. The van der Waals surface area contributed by atoms with Gasteiger partial charge in [0.1, 0.15) is 17.9 Å². The molecule has 0 aliphatic carbocycles. The summed E-state index contributed by atoms with van der Waals surface area (Å²) in [6.07, 6.45) is 1.62. The van der Waals surface area contributed by atoms with Gasteiger partial charge in [-0.15, -0.1) is 0 Å². The molecule has 9 heteroatoms. The molecule has 0 spiro atoms. The highest BCUT2D eigenvalue weighted by atomic mass is 16.5. The first-order valence-corrected chi connectivity index (χ1v) is 12.4. The number of likely N-dealkylation sites (N-methyl/N-ethyl adjacent to an activating group) is 1. The Morgan fingerprint density at radius 2 is 1.69 bits per heavy atom. The molecule has 1 fully saturated rings. The molecule has 9 nitrogen and oxygen atoms in total. The van der Waals surface area contributed by atoms with Crippen LogP contribution in [0.5, 0.6) is 5.75 Å². The summed E-state index contributed by atoms with van der Waals surface area (Å²) in [5.74, 6) is 0.236. The molecule has 2 aromatic carbocycles. The number of piperazine rings is 1. The molecule has 2 heterocycles. The van der Waals surface area contributed by atoms with E-state index in [4.69, 9.17) is 9.47 Å². The number of para-hydroxylation sites is 1. The lowest BCUT2D eigenvalue weighted by atomic mass is 10.2. The van der Waals surface area contributed by atoms with Gasteiger partial charge < -0.3 is 29.5 Å². The smallest absolute Gasteiger partial charge is 0.342 e. The maximum absolute atomic E-state index is 12.6. The number of ether oxygens (including phenoxy) is 2. The van der Waals surface area contributed by atoms with Gasteiger partial charge >= 0.3 is 5.97 Å². The summed E-state index contributed by atoms with van der Waals surface area (Å²) >= 11 is 0. The lowest BCUT2D eigenvalue weighted by molar-refractivity contribution is -0.143. The molecule has 2 aliphatic rings. The molecular weight excluding hydrogens is 460 g/mol. The van der Waals surface area contributed by atoms with Crippen LogP contribution in [-0.2, 0) is 11.3 Å². The van der Waals surface area contributed by atoms with Crippen molar-refractivity contribution in [3.05, 3.63) is 77.7 Å². The van der Waals surface area contributed by atoms with Crippen molar-refractivity contribution in [1.82, 2.24) is 19.6 Å². The predicted octanol–water partition coefficient (Wildman–Crippen LogP) is 2.31. The Kier molecular flexibility index (Phi) is 8.82. The highest BCUT2D eigenvalue weighted by Gasteiger charge is 2.34. The van der Waals surface area contributed by atoms with Gasteiger partial charge in [-0.3, -0.25) is 4.90 Å². The van der Waals surface area contributed by atoms with E-state index in [2.05, 4.69) is 9.80 Å². The van der Waals surface area contributed by atoms with E-state index in [1.807, 2.05) is 48.3 Å². The number of benzene rings is 2. The average molecular weight is 497 g/mol. The Balaban J connectivity index is 1.20. The molecule has 194 valence electrons. The van der Waals surface area contributed by atoms with Gasteiger partial charge in [-0.25, -0.2) is 9.69 Å². The number of aliphatic hydroxyl groups excluding tert-OH is 2. The molecular formula is C27H36N4O5. The average Bonchev–Trinajstić information content (AvgIpc) is 2.92. The van der Waals surface area contributed by atoms with Gasteiger partial charge in [0.2, 0.25) is 0 Å². The van der Waals surface area contributed by atoms with Crippen LogP contribution in [0.15, 0.2) is 66.6 Å². The Morgan fingerprint density at radius 1 is 1.00 bits per heavy atom. The third-order valence-electron chi connectivity index (χ3n) is 6.76. The van der Waals surface area contributed by atoms with E-state index in [0.29, 0.717) is 17.9 Å². The van der Waals surface area contributed by atoms with E-state index in [1.54, 1.807) is 31.3 Å². The number of carbonyl (C=O) groups is 1. The Bertz CT molecular complexity index is 1030. The van der Waals surface area contributed by atoms with Gasteiger partial charge in [0, 0.05) is 45.8 Å². The molecule has 1 saturated heterocycles. The normalized spacial score (nSPS) is 21.8. The zero-order chi connectivity index (χ0) is 25.5. The largest absolute Gasteiger partial charge is 0.495 e. The molecule has 2 aliphatic heterocycles. The van der Waals surface area contributed by atoms with Crippen molar-refractivity contribution in [1.29, 1.82) is 0 Å². The van der Waals surface area contributed by atoms with Gasteiger partial charge in [0.25, 0.3) is 0 Å². The minimum atomic E-state index is -0.853. The molecule has 2 atom stereocenters. The molecule has 2 N–H and O–H groups in total. The minimum Gasteiger partial charge on any atom is -0.495 e. The second-order valence-electron chi connectivity index (χ2n) is 9.20. The summed E-state index contributed by atoms with van der Waals surface area (Å²) in [4.78, 5) is 20.5. The summed E-state index contributed by atoms with van der Waals surface area (Å²) in [7, 11) is 3.52. The molecule has 0 aromatic heterocycles. The number of carbonyl (C=O) groups excluding carboxylic acids is 1. The number of esters is 1. The third kappa shape index (κ3) is 6.36. The van der Waals surface area contributed by atoms with Crippen molar-refractivity contribution >= 4 is 5.97 Å². The molecule has 36 heavy (non-hydrogen) atoms. The first-order valence-electron chi connectivity index (χ1n) is 12.4. The molecule has 0 amide bonds. The maximum atomic E-state index is 12.6. The van der Waals surface area contributed by atoms with Crippen LogP contribution in [0, 0.1) is 0 Å². The highest BCUT2D eigenvalue weighted by molar-refractivity contribution is 5.92. The van der Waals surface area contributed by atoms with E-state index in [9.17, 15) is 15.0 Å². The molecule has 0 saturated carbocycles. The van der Waals surface area contributed by atoms with Crippen LogP contribution in [0.25, 0.3) is 0 Å². The Morgan fingerprint density at radius 3 is 2.44 bits per heavy atom. The van der Waals surface area contributed by atoms with Crippen molar-refractivity contribution in [3.63, 3.8) is 0 Å². The Labute approximate surface area is 212 Å². The van der Waals surface area contributed by atoms with Crippen molar-refractivity contribution in [3.8, 4) is 5.75 Å². The van der Waals surface area contributed by atoms with Gasteiger partial charge in [0.05, 0.1) is 12.8 Å². The number of hydrogen-bond acceptors (Lipinski definition) is 9. The number of aliphatic hydroxyl groups is 2. The van der Waals surface area contributed by atoms with Crippen LogP contribution in [0.4, 0.5) is 0 Å². The van der Waals surface area contributed by atoms with Crippen LogP contribution < -0.4 is 4.74 Å². The Hall–Kier alpha value is -3.11.